The van der Waals surface area contributed by atoms with Crippen LogP contribution in [0, 0.1) is 0 Å². The fourth-order valence-corrected chi connectivity index (χ4v) is 4.51. The monoisotopic (exact) mass is 329 g/mol. The van der Waals surface area contributed by atoms with E-state index in [0.717, 1.165) is 49.5 Å². The van der Waals surface area contributed by atoms with Crippen molar-refractivity contribution in [3.63, 3.8) is 0 Å². The first-order valence-corrected chi connectivity index (χ1v) is 9.31. The number of thiazole rings is 1. The lowest BCUT2D eigenvalue weighted by molar-refractivity contribution is 0.0350. The van der Waals surface area contributed by atoms with Crippen LogP contribution < -0.4 is 10.2 Å². The van der Waals surface area contributed by atoms with Crippen molar-refractivity contribution < 1.29 is 5.11 Å². The van der Waals surface area contributed by atoms with Gasteiger partial charge >= 0.3 is 0 Å². The Morgan fingerprint density at radius 3 is 2.91 bits per heavy atom. The number of fused-ring (bicyclic) bond motifs is 1. The van der Waals surface area contributed by atoms with E-state index in [1.807, 2.05) is 17.6 Å². The molecule has 0 spiro atoms. The van der Waals surface area contributed by atoms with Crippen LogP contribution in [0.5, 0.6) is 0 Å². The number of aryl methyl sites for hydroxylation is 1. The van der Waals surface area contributed by atoms with Gasteiger partial charge in [0.05, 0.1) is 0 Å². The van der Waals surface area contributed by atoms with Crippen molar-refractivity contribution in [3.05, 3.63) is 47.0 Å². The van der Waals surface area contributed by atoms with Crippen LogP contribution >= 0.6 is 11.3 Å². The third-order valence-corrected chi connectivity index (χ3v) is 6.03. The third kappa shape index (κ3) is 3.01. The van der Waals surface area contributed by atoms with Crippen molar-refractivity contribution in [2.24, 2.45) is 0 Å². The second-order valence-electron chi connectivity index (χ2n) is 6.65. The predicted octanol–water partition coefficient (Wildman–Crippen LogP) is 2.54. The van der Waals surface area contributed by atoms with E-state index in [4.69, 9.17) is 0 Å². The van der Waals surface area contributed by atoms with Gasteiger partial charge in [-0.2, -0.15) is 0 Å². The van der Waals surface area contributed by atoms with Crippen molar-refractivity contribution >= 4 is 16.5 Å². The van der Waals surface area contributed by atoms with Gasteiger partial charge in [0.2, 0.25) is 0 Å². The zero-order valence-electron chi connectivity index (χ0n) is 13.2. The third-order valence-electron chi connectivity index (χ3n) is 5.19. The number of nitrogens with one attached hydrogen (secondary N) is 1. The number of aromatic nitrogens is 1. The number of rotatable bonds is 4. The van der Waals surface area contributed by atoms with Crippen LogP contribution in [0.1, 0.15) is 30.4 Å². The summed E-state index contributed by atoms with van der Waals surface area (Å²) in [5.41, 5.74) is 1.73. The minimum absolute atomic E-state index is 0.489. The zero-order valence-corrected chi connectivity index (χ0v) is 14.1. The van der Waals surface area contributed by atoms with Crippen LogP contribution in [0.4, 0.5) is 5.13 Å². The van der Waals surface area contributed by atoms with Crippen LogP contribution in [-0.4, -0.2) is 35.8 Å². The molecule has 0 bridgehead atoms. The average molecular weight is 329 g/mol. The molecule has 1 atom stereocenters. The minimum Gasteiger partial charge on any atom is -0.384 e. The molecule has 2 heterocycles. The fourth-order valence-electron chi connectivity index (χ4n) is 3.81. The highest BCUT2D eigenvalue weighted by molar-refractivity contribution is 7.13. The Hall–Kier alpha value is -1.43. The molecule has 2 N–H and O–H groups in total. The second-order valence-corrected chi connectivity index (χ2v) is 7.52. The molecular weight excluding hydrogens is 306 g/mol. The standard InChI is InChI=1S/C18H23N3OS/c22-18(8-5-14-3-1-2-4-16(14)18)13-20-15-6-10-21(11-7-15)17-19-9-12-23-17/h1-4,9,12,15,20,22H,5-8,10-11,13H2. The lowest BCUT2D eigenvalue weighted by Crippen LogP contribution is -2.47. The van der Waals surface area contributed by atoms with Crippen molar-refractivity contribution in [2.75, 3.05) is 24.5 Å². The van der Waals surface area contributed by atoms with Crippen molar-refractivity contribution in [1.29, 1.82) is 0 Å². The van der Waals surface area contributed by atoms with Crippen molar-refractivity contribution in [2.45, 2.75) is 37.3 Å². The zero-order chi connectivity index (χ0) is 15.7. The van der Waals surface area contributed by atoms with Gasteiger partial charge in [-0.3, -0.25) is 0 Å². The molecule has 0 radical (unpaired) electrons. The molecular formula is C18H23N3OS. The van der Waals surface area contributed by atoms with Gasteiger partial charge < -0.3 is 15.3 Å². The molecule has 1 aliphatic carbocycles. The molecule has 0 amide bonds. The van der Waals surface area contributed by atoms with E-state index in [-0.39, 0.29) is 0 Å². The molecule has 1 unspecified atom stereocenters. The van der Waals surface area contributed by atoms with E-state index < -0.39 is 5.60 Å². The number of anilines is 1. The predicted molar refractivity (Wildman–Crippen MR) is 94.0 cm³/mol. The maximum absolute atomic E-state index is 11.0. The van der Waals surface area contributed by atoms with Gasteiger partial charge in [-0.25, -0.2) is 4.98 Å². The molecule has 2 aromatic rings. The summed E-state index contributed by atoms with van der Waals surface area (Å²) in [6, 6.07) is 8.80. The fraction of sp³-hybridized carbons (Fsp3) is 0.500. The number of piperidine rings is 1. The Morgan fingerprint density at radius 2 is 2.13 bits per heavy atom. The molecule has 1 aromatic heterocycles. The summed E-state index contributed by atoms with van der Waals surface area (Å²) < 4.78 is 0. The molecule has 1 saturated heterocycles. The minimum atomic E-state index is -0.691. The van der Waals surface area contributed by atoms with Crippen LogP contribution in [0.15, 0.2) is 35.8 Å². The maximum Gasteiger partial charge on any atom is 0.185 e. The first-order valence-electron chi connectivity index (χ1n) is 8.43. The van der Waals surface area contributed by atoms with E-state index in [0.29, 0.717) is 12.6 Å². The maximum atomic E-state index is 11.0. The first-order chi connectivity index (χ1) is 11.2. The Labute approximate surface area is 141 Å². The highest BCUT2D eigenvalue weighted by atomic mass is 32.1. The summed E-state index contributed by atoms with van der Waals surface area (Å²) in [6.07, 6.45) is 5.90. The molecule has 1 aromatic carbocycles. The largest absolute Gasteiger partial charge is 0.384 e. The number of benzene rings is 1. The summed E-state index contributed by atoms with van der Waals surface area (Å²) in [6.45, 7) is 2.74. The number of hydrogen-bond donors (Lipinski definition) is 2. The number of aliphatic hydroxyl groups is 1. The van der Waals surface area contributed by atoms with E-state index in [2.05, 4.69) is 33.4 Å². The average Bonchev–Trinajstić information content (AvgIpc) is 3.23. The molecule has 1 fully saturated rings. The summed E-state index contributed by atoms with van der Waals surface area (Å²) in [5, 5.41) is 17.8. The SMILES string of the molecule is OC1(CNC2CCN(c3nccs3)CC2)CCc2ccccc21. The Balaban J connectivity index is 1.33. The Kier molecular flexibility index (Phi) is 4.09. The van der Waals surface area contributed by atoms with Gasteiger partial charge in [-0.15, -0.1) is 11.3 Å². The molecule has 2 aliphatic rings. The normalized spacial score (nSPS) is 24.8. The van der Waals surface area contributed by atoms with Gasteiger partial charge in [-0.1, -0.05) is 24.3 Å². The first kappa shape index (κ1) is 15.1. The van der Waals surface area contributed by atoms with E-state index in [1.165, 1.54) is 5.56 Å². The molecule has 5 heteroatoms. The summed E-state index contributed by atoms with van der Waals surface area (Å²) in [5.74, 6) is 0. The lowest BCUT2D eigenvalue weighted by Gasteiger charge is -2.34. The second kappa shape index (κ2) is 6.23. The van der Waals surface area contributed by atoms with Crippen molar-refractivity contribution in [3.8, 4) is 0 Å². The molecule has 1 aliphatic heterocycles. The Bertz CT molecular complexity index is 652. The highest BCUT2D eigenvalue weighted by Crippen LogP contribution is 2.36. The van der Waals surface area contributed by atoms with Crippen LogP contribution in [0.25, 0.3) is 0 Å². The van der Waals surface area contributed by atoms with Gasteiger partial charge in [0, 0.05) is 37.3 Å². The summed E-state index contributed by atoms with van der Waals surface area (Å²) in [4.78, 5) is 6.76. The molecule has 4 nitrogen and oxygen atoms in total. The van der Waals surface area contributed by atoms with E-state index in [9.17, 15) is 5.11 Å². The summed E-state index contributed by atoms with van der Waals surface area (Å²) >= 11 is 1.71. The van der Waals surface area contributed by atoms with Crippen LogP contribution in [-0.2, 0) is 12.0 Å². The Morgan fingerprint density at radius 1 is 1.30 bits per heavy atom. The molecule has 23 heavy (non-hydrogen) atoms. The lowest BCUT2D eigenvalue weighted by atomic mass is 9.95. The van der Waals surface area contributed by atoms with Crippen LogP contribution in [0.3, 0.4) is 0 Å². The highest BCUT2D eigenvalue weighted by Gasteiger charge is 2.36. The van der Waals surface area contributed by atoms with Gasteiger partial charge in [-0.05, 0) is 36.8 Å². The summed E-state index contributed by atoms with van der Waals surface area (Å²) in [7, 11) is 0. The topological polar surface area (TPSA) is 48.4 Å². The molecule has 122 valence electrons. The number of nitrogens with zero attached hydrogens (tertiary/aromatic N) is 2. The van der Waals surface area contributed by atoms with E-state index in [1.54, 1.807) is 11.3 Å². The van der Waals surface area contributed by atoms with Crippen LogP contribution in [0.2, 0.25) is 0 Å². The number of hydrogen-bond acceptors (Lipinski definition) is 5. The van der Waals surface area contributed by atoms with Crippen molar-refractivity contribution in [1.82, 2.24) is 10.3 Å². The molecule has 4 rings (SSSR count). The quantitative estimate of drug-likeness (QED) is 0.905. The van der Waals surface area contributed by atoms with Gasteiger partial charge in [0.25, 0.3) is 0 Å². The van der Waals surface area contributed by atoms with Gasteiger partial charge in [0.15, 0.2) is 5.13 Å². The van der Waals surface area contributed by atoms with E-state index >= 15 is 0 Å². The smallest absolute Gasteiger partial charge is 0.185 e. The van der Waals surface area contributed by atoms with Gasteiger partial charge in [0.1, 0.15) is 5.60 Å². The molecule has 0 saturated carbocycles.